The Kier molecular flexibility index (Phi) is 8.46. The van der Waals surface area contributed by atoms with Gasteiger partial charge in [0.15, 0.2) is 16.6 Å². The van der Waals surface area contributed by atoms with Crippen LogP contribution in [0.4, 0.5) is 0 Å². The van der Waals surface area contributed by atoms with Gasteiger partial charge in [0, 0.05) is 25.4 Å². The average Bonchev–Trinajstić information content (AvgIpc) is 2.84. The molecule has 0 aliphatic heterocycles. The molecule has 0 radical (unpaired) electrons. The third kappa shape index (κ3) is 6.49. The summed E-state index contributed by atoms with van der Waals surface area (Å²) in [6, 6.07) is 0. The highest BCUT2D eigenvalue weighted by molar-refractivity contribution is 6.74. The van der Waals surface area contributed by atoms with Crippen molar-refractivity contribution in [3.8, 4) is 0 Å². The van der Waals surface area contributed by atoms with Crippen LogP contribution in [0.1, 0.15) is 81.1 Å². The number of hydrogen-bond acceptors (Lipinski definition) is 4. The van der Waals surface area contributed by atoms with Gasteiger partial charge in [-0.1, -0.05) is 55.4 Å². The van der Waals surface area contributed by atoms with Crippen LogP contribution in [0.5, 0.6) is 0 Å². The Morgan fingerprint density at radius 3 is 2.00 bits per heavy atom. The molecule has 1 saturated carbocycles. The van der Waals surface area contributed by atoms with E-state index >= 15 is 0 Å². The minimum Gasteiger partial charge on any atom is -0.416 e. The topological polar surface area (TPSA) is 55.8 Å². The van der Waals surface area contributed by atoms with Crippen molar-refractivity contribution >= 4 is 22.4 Å². The molecule has 0 saturated heterocycles. The van der Waals surface area contributed by atoms with E-state index in [0.29, 0.717) is 31.8 Å². The molecule has 4 nitrogen and oxygen atoms in total. The Morgan fingerprint density at radius 1 is 0.970 bits per heavy atom. The van der Waals surface area contributed by atoms with Gasteiger partial charge in [-0.2, -0.15) is 0 Å². The first-order valence-corrected chi connectivity index (χ1v) is 18.7. The molecule has 0 aromatic rings. The van der Waals surface area contributed by atoms with Crippen molar-refractivity contribution in [2.24, 2.45) is 17.3 Å². The van der Waals surface area contributed by atoms with Gasteiger partial charge in [-0.3, -0.25) is 4.79 Å². The third-order valence-corrected chi connectivity index (χ3v) is 18.2. The number of aliphatic hydroxyl groups excluding tert-OH is 1. The molecular formula is C27H52O4Si2. The summed E-state index contributed by atoms with van der Waals surface area (Å²) in [4.78, 5) is 12.9. The van der Waals surface area contributed by atoms with E-state index in [4.69, 9.17) is 8.85 Å². The number of carbonyl (C=O) groups is 1. The van der Waals surface area contributed by atoms with Crippen LogP contribution < -0.4 is 0 Å². The van der Waals surface area contributed by atoms with E-state index < -0.39 is 22.7 Å². The molecular weight excluding hydrogens is 444 g/mol. The largest absolute Gasteiger partial charge is 0.416 e. The fourth-order valence-electron chi connectivity index (χ4n) is 4.63. The molecule has 0 unspecified atom stereocenters. The SMILES string of the molecule is CC1(C)C[C@H]2CCC(=O)C[C@H](CO[Si](C)(C)C(C)(C)C)/C(CO[Si](C)(C)C(C)(C)C)=C\2[C@H]1O. The minimum absolute atomic E-state index is 0.0160. The summed E-state index contributed by atoms with van der Waals surface area (Å²) in [5.74, 6) is 0.562. The van der Waals surface area contributed by atoms with Crippen molar-refractivity contribution in [2.75, 3.05) is 13.2 Å². The normalized spacial score (nSPS) is 29.6. The number of carbonyl (C=O) groups excluding carboxylic acids is 1. The Bertz CT molecular complexity index is 753. The molecule has 2 aliphatic carbocycles. The maximum Gasteiger partial charge on any atom is 0.192 e. The molecule has 2 rings (SSSR count). The number of rotatable bonds is 6. The van der Waals surface area contributed by atoms with Crippen molar-refractivity contribution in [3.63, 3.8) is 0 Å². The fourth-order valence-corrected chi connectivity index (χ4v) is 6.63. The summed E-state index contributed by atoms with van der Waals surface area (Å²) in [6.45, 7) is 28.0. The van der Waals surface area contributed by atoms with Crippen molar-refractivity contribution < 1.29 is 18.8 Å². The van der Waals surface area contributed by atoms with Crippen LogP contribution in [0, 0.1) is 17.3 Å². The van der Waals surface area contributed by atoms with E-state index in [1.54, 1.807) is 0 Å². The summed E-state index contributed by atoms with van der Waals surface area (Å²) in [7, 11) is -3.95. The highest BCUT2D eigenvalue weighted by Gasteiger charge is 2.47. The number of ketones is 1. The lowest BCUT2D eigenvalue weighted by Gasteiger charge is -2.40. The van der Waals surface area contributed by atoms with Crippen LogP contribution in [0.15, 0.2) is 11.1 Å². The second-order valence-corrected chi connectivity index (χ2v) is 24.0. The van der Waals surface area contributed by atoms with Crippen LogP contribution >= 0.6 is 0 Å². The molecule has 3 atom stereocenters. The standard InChI is InChI=1S/C27H52O4Si2/c1-25(2,3)32(9,10)30-17-20-15-21(28)14-13-19-16-27(7,8)24(29)23(19)22(20)18-31-33(11,12)26(4,5)6/h19-20,24,29H,13-18H2,1-12H3/b23-22+/t19-,20-,24-/m1/s1. The third-order valence-electron chi connectivity index (χ3n) is 9.20. The molecule has 0 heterocycles. The average molecular weight is 497 g/mol. The van der Waals surface area contributed by atoms with Gasteiger partial charge in [0.05, 0.1) is 12.7 Å². The lowest BCUT2D eigenvalue weighted by molar-refractivity contribution is -0.120. The van der Waals surface area contributed by atoms with Gasteiger partial charge in [-0.15, -0.1) is 0 Å². The van der Waals surface area contributed by atoms with Gasteiger partial charge in [-0.05, 0) is 71.6 Å². The van der Waals surface area contributed by atoms with Gasteiger partial charge in [0.1, 0.15) is 5.78 Å². The lowest BCUT2D eigenvalue weighted by Crippen LogP contribution is -2.44. The number of aliphatic hydroxyl groups is 1. The monoisotopic (exact) mass is 496 g/mol. The van der Waals surface area contributed by atoms with Crippen LogP contribution in [-0.4, -0.2) is 46.8 Å². The van der Waals surface area contributed by atoms with E-state index in [-0.39, 0.29) is 27.3 Å². The van der Waals surface area contributed by atoms with Crippen LogP contribution in [-0.2, 0) is 13.6 Å². The molecule has 0 bridgehead atoms. The van der Waals surface area contributed by atoms with E-state index in [2.05, 4.69) is 81.6 Å². The Balaban J connectivity index is 2.50. The first-order valence-electron chi connectivity index (χ1n) is 12.9. The van der Waals surface area contributed by atoms with Crippen molar-refractivity contribution in [1.82, 2.24) is 0 Å². The zero-order chi connectivity index (χ0) is 25.6. The van der Waals surface area contributed by atoms with E-state index in [1.165, 1.54) is 0 Å². The summed E-state index contributed by atoms with van der Waals surface area (Å²) in [5, 5.41) is 11.7. The minimum atomic E-state index is -1.99. The molecule has 0 spiro atoms. The first kappa shape index (κ1) is 29.0. The fraction of sp³-hybridized carbons (Fsp3) is 0.889. The number of fused-ring (bicyclic) bond motifs is 1. The molecule has 6 heteroatoms. The van der Waals surface area contributed by atoms with Crippen LogP contribution in [0.2, 0.25) is 36.3 Å². The van der Waals surface area contributed by atoms with Gasteiger partial charge >= 0.3 is 0 Å². The zero-order valence-electron chi connectivity index (χ0n) is 23.6. The highest BCUT2D eigenvalue weighted by atomic mass is 28.4. The predicted molar refractivity (Wildman–Crippen MR) is 144 cm³/mol. The van der Waals surface area contributed by atoms with Crippen molar-refractivity contribution in [1.29, 1.82) is 0 Å². The lowest BCUT2D eigenvalue weighted by atomic mass is 9.81. The van der Waals surface area contributed by atoms with Gasteiger partial charge < -0.3 is 14.0 Å². The Hall–Kier alpha value is -0.276. The van der Waals surface area contributed by atoms with E-state index in [1.807, 2.05) is 0 Å². The zero-order valence-corrected chi connectivity index (χ0v) is 25.6. The van der Waals surface area contributed by atoms with Crippen LogP contribution in [0.3, 0.4) is 0 Å². The summed E-state index contributed by atoms with van der Waals surface area (Å²) in [5.41, 5.74) is 2.14. The van der Waals surface area contributed by atoms with Gasteiger partial charge in [-0.25, -0.2) is 0 Å². The number of hydrogen-bond donors (Lipinski definition) is 1. The maximum absolute atomic E-state index is 12.9. The first-order chi connectivity index (χ1) is 14.7. The van der Waals surface area contributed by atoms with Crippen molar-refractivity contribution in [2.45, 2.75) is 123 Å². The summed E-state index contributed by atoms with van der Waals surface area (Å²) < 4.78 is 13.4. The molecule has 192 valence electrons. The van der Waals surface area contributed by atoms with Gasteiger partial charge in [0.2, 0.25) is 0 Å². The maximum atomic E-state index is 12.9. The van der Waals surface area contributed by atoms with E-state index in [0.717, 1.165) is 24.0 Å². The molecule has 2 aliphatic rings. The Labute approximate surface area is 206 Å². The molecule has 0 aromatic heterocycles. The van der Waals surface area contributed by atoms with Gasteiger partial charge in [0.25, 0.3) is 0 Å². The van der Waals surface area contributed by atoms with Crippen molar-refractivity contribution in [3.05, 3.63) is 11.1 Å². The predicted octanol–water partition coefficient (Wildman–Crippen LogP) is 7.10. The Morgan fingerprint density at radius 2 is 1.48 bits per heavy atom. The quantitative estimate of drug-likeness (QED) is 0.315. The molecule has 1 N–H and O–H groups in total. The smallest absolute Gasteiger partial charge is 0.192 e. The van der Waals surface area contributed by atoms with E-state index in [9.17, 15) is 9.90 Å². The number of Topliss-reactive ketones (excluding diaryl/α,β-unsaturated/α-hetero) is 1. The van der Waals surface area contributed by atoms with Crippen LogP contribution in [0.25, 0.3) is 0 Å². The molecule has 0 aromatic carbocycles. The highest BCUT2D eigenvalue weighted by Crippen LogP contribution is 2.51. The molecule has 1 fully saturated rings. The molecule has 33 heavy (non-hydrogen) atoms. The second-order valence-electron chi connectivity index (χ2n) is 14.4. The second kappa shape index (κ2) is 9.64. The summed E-state index contributed by atoms with van der Waals surface area (Å²) >= 11 is 0. The molecule has 0 amide bonds. The summed E-state index contributed by atoms with van der Waals surface area (Å²) in [6.07, 6.45) is 2.38.